The van der Waals surface area contributed by atoms with Crippen molar-refractivity contribution in [3.63, 3.8) is 0 Å². The Hall–Kier alpha value is -3.62. The minimum absolute atomic E-state index is 0.0464. The van der Waals surface area contributed by atoms with Crippen molar-refractivity contribution >= 4 is 61.4 Å². The molecule has 48 heavy (non-hydrogen) atoms. The van der Waals surface area contributed by atoms with Crippen molar-refractivity contribution in [3.8, 4) is 22.8 Å². The molecule has 0 spiro atoms. The number of benzene rings is 3. The van der Waals surface area contributed by atoms with Crippen LogP contribution in [0.25, 0.3) is 17.1 Å². The summed E-state index contributed by atoms with van der Waals surface area (Å²) >= 11 is 6.61. The molecule has 8 nitrogen and oxygen atoms in total. The number of nitrogens with zero attached hydrogens (tertiary/aromatic N) is 6. The number of rotatable bonds is 9. The Labute approximate surface area is 293 Å². The second kappa shape index (κ2) is 14.5. The molecule has 1 amide bonds. The number of aromatic nitrogens is 3. The molecule has 0 N–H and O–H groups in total. The fraction of sp³-hybridized carbons (Fsp3) is 0.324. The van der Waals surface area contributed by atoms with Crippen LogP contribution in [0.5, 0.6) is 5.75 Å². The topological polar surface area (TPSA) is 85.0 Å². The van der Waals surface area contributed by atoms with Gasteiger partial charge < -0.3 is 4.74 Å². The van der Waals surface area contributed by atoms with Gasteiger partial charge in [0.15, 0.2) is 16.2 Å². The van der Waals surface area contributed by atoms with Crippen molar-refractivity contribution in [2.45, 2.75) is 61.7 Å². The van der Waals surface area contributed by atoms with Crippen LogP contribution in [0.15, 0.2) is 83.0 Å². The highest BCUT2D eigenvalue weighted by Gasteiger charge is 2.39. The number of anilines is 1. The maximum absolute atomic E-state index is 13.4. The lowest BCUT2D eigenvalue weighted by Gasteiger charge is -2.22. The molecular weight excluding hydrogens is 725 g/mol. The lowest BCUT2D eigenvalue weighted by Crippen LogP contribution is -2.32. The van der Waals surface area contributed by atoms with Gasteiger partial charge in [-0.3, -0.25) is 14.7 Å². The largest absolute Gasteiger partial charge is 0.573 e. The number of alkyl halides is 4. The van der Waals surface area contributed by atoms with E-state index >= 15 is 0 Å². The Morgan fingerprint density at radius 3 is 2.50 bits per heavy atom. The molecule has 1 saturated heterocycles. The van der Waals surface area contributed by atoms with E-state index in [2.05, 4.69) is 62.8 Å². The number of carbonyl (C=O) groups is 1. The first-order valence-corrected chi connectivity index (χ1v) is 18.0. The summed E-state index contributed by atoms with van der Waals surface area (Å²) in [6.07, 6.45) is -0.286. The fourth-order valence-electron chi connectivity index (χ4n) is 4.96. The Morgan fingerprint density at radius 2 is 1.83 bits per heavy atom. The highest BCUT2D eigenvalue weighted by atomic mass is 79.9. The Bertz CT molecular complexity index is 1840. The molecule has 14 heteroatoms. The van der Waals surface area contributed by atoms with Gasteiger partial charge in [-0.2, -0.15) is 4.99 Å². The summed E-state index contributed by atoms with van der Waals surface area (Å²) in [5.74, 6) is 0.377. The highest BCUT2D eigenvalue weighted by molar-refractivity contribution is 9.12. The molecule has 1 saturated carbocycles. The average molecular weight is 758 g/mol. The van der Waals surface area contributed by atoms with E-state index in [-0.39, 0.29) is 17.6 Å². The first-order valence-electron chi connectivity index (χ1n) is 15.4. The van der Waals surface area contributed by atoms with E-state index in [1.54, 1.807) is 16.7 Å². The number of amidine groups is 2. The van der Waals surface area contributed by atoms with Crippen LogP contribution in [0.3, 0.4) is 0 Å². The normalized spacial score (nSPS) is 18.0. The minimum atomic E-state index is -4.75. The SMILES string of the molecule is Cc1ccc(C(C)C)c(N2C(=O)C(Br)S/C2=N\C(=N\CCc2ccc(-c3ncn(-c4ccc(OC(F)(F)F)cc4)n3)cc2)SC2CC2)c1. The lowest BCUT2D eigenvalue weighted by molar-refractivity contribution is -0.274. The van der Waals surface area contributed by atoms with Gasteiger partial charge >= 0.3 is 6.36 Å². The van der Waals surface area contributed by atoms with Gasteiger partial charge in [0.1, 0.15) is 16.2 Å². The third-order valence-electron chi connectivity index (χ3n) is 7.54. The number of aliphatic imine (C=N–C) groups is 2. The van der Waals surface area contributed by atoms with Crippen LogP contribution in [0.2, 0.25) is 0 Å². The molecule has 2 aliphatic rings. The summed E-state index contributed by atoms with van der Waals surface area (Å²) in [4.78, 5) is 29.3. The first-order chi connectivity index (χ1) is 22.9. The average Bonchev–Trinajstić information content (AvgIpc) is 3.63. The number of hydrogen-bond acceptors (Lipinski definition) is 7. The zero-order valence-corrected chi connectivity index (χ0v) is 29.5. The number of aryl methyl sites for hydroxylation is 1. The molecule has 1 aliphatic carbocycles. The van der Waals surface area contributed by atoms with Crippen LogP contribution in [0, 0.1) is 6.92 Å². The summed E-state index contributed by atoms with van der Waals surface area (Å²) < 4.78 is 42.4. The number of amides is 1. The first kappa shape index (κ1) is 34.3. The molecular formula is C34H32BrF3N6O2S2. The van der Waals surface area contributed by atoms with Crippen LogP contribution >= 0.6 is 39.5 Å². The van der Waals surface area contributed by atoms with Crippen molar-refractivity contribution in [1.29, 1.82) is 0 Å². The van der Waals surface area contributed by atoms with Crippen molar-refractivity contribution in [2.24, 2.45) is 9.98 Å². The van der Waals surface area contributed by atoms with Gasteiger partial charge in [0.2, 0.25) is 0 Å². The molecule has 2 fully saturated rings. The quantitative estimate of drug-likeness (QED) is 0.0964. The van der Waals surface area contributed by atoms with Gasteiger partial charge in [0, 0.05) is 17.4 Å². The molecule has 1 unspecified atom stereocenters. The molecule has 3 aromatic carbocycles. The van der Waals surface area contributed by atoms with Crippen molar-refractivity contribution in [1.82, 2.24) is 14.8 Å². The van der Waals surface area contributed by atoms with Gasteiger partial charge in [0.05, 0.1) is 11.4 Å². The van der Waals surface area contributed by atoms with Gasteiger partial charge in [-0.05, 0) is 79.1 Å². The second-order valence-corrected chi connectivity index (χ2v) is 15.6. The van der Waals surface area contributed by atoms with Crippen molar-refractivity contribution in [2.75, 3.05) is 11.4 Å². The summed E-state index contributed by atoms with van der Waals surface area (Å²) in [6, 6.07) is 19.5. The Kier molecular flexibility index (Phi) is 10.3. The Morgan fingerprint density at radius 1 is 1.10 bits per heavy atom. The number of hydrogen-bond donors (Lipinski definition) is 0. The smallest absolute Gasteiger partial charge is 0.406 e. The van der Waals surface area contributed by atoms with Crippen LogP contribution in [0.1, 0.15) is 49.3 Å². The van der Waals surface area contributed by atoms with Crippen molar-refractivity contribution < 1.29 is 22.7 Å². The van der Waals surface area contributed by atoms with E-state index in [1.165, 1.54) is 47.0 Å². The third-order valence-corrected chi connectivity index (χ3v) is 10.6. The van der Waals surface area contributed by atoms with Crippen LogP contribution in [-0.2, 0) is 11.2 Å². The third kappa shape index (κ3) is 8.50. The standard InChI is InChI=1S/C34H32BrF3N6O2S2/c1-20(2)27-15-4-21(3)18-28(27)44-31(45)29(35)48-33(44)41-32(47-26-13-14-26)39-17-16-22-5-7-23(8-6-22)30-40-19-43(42-30)24-9-11-25(12-10-24)46-34(36,37)38/h4-12,15,18-20,26,29H,13-14,16-17H2,1-3H3/b39-32-,41-33-. The van der Waals surface area contributed by atoms with Crippen LogP contribution in [0.4, 0.5) is 18.9 Å². The molecule has 1 aromatic heterocycles. The number of carbonyl (C=O) groups excluding carboxylic acids is 1. The Balaban J connectivity index is 1.14. The summed E-state index contributed by atoms with van der Waals surface area (Å²) in [7, 11) is 0. The van der Waals surface area contributed by atoms with Gasteiger partial charge in [-0.1, -0.05) is 89.7 Å². The van der Waals surface area contributed by atoms with Crippen LogP contribution in [-0.4, -0.2) is 53.3 Å². The van der Waals surface area contributed by atoms with E-state index in [0.717, 1.165) is 40.8 Å². The molecule has 0 bridgehead atoms. The summed E-state index contributed by atoms with van der Waals surface area (Å²) in [6.45, 7) is 6.80. The zero-order valence-electron chi connectivity index (χ0n) is 26.3. The maximum Gasteiger partial charge on any atom is 0.573 e. The van der Waals surface area contributed by atoms with Crippen molar-refractivity contribution in [3.05, 3.63) is 89.7 Å². The second-order valence-electron chi connectivity index (χ2n) is 11.7. The van der Waals surface area contributed by atoms with Gasteiger partial charge in [-0.15, -0.1) is 18.3 Å². The minimum Gasteiger partial charge on any atom is -0.406 e. The monoisotopic (exact) mass is 756 g/mol. The number of halogens is 4. The molecule has 0 radical (unpaired) electrons. The van der Waals surface area contributed by atoms with E-state index in [4.69, 9.17) is 9.98 Å². The van der Waals surface area contributed by atoms with E-state index in [1.807, 2.05) is 31.2 Å². The molecule has 2 heterocycles. The predicted octanol–water partition coefficient (Wildman–Crippen LogP) is 8.92. The molecule has 6 rings (SSSR count). The summed E-state index contributed by atoms with van der Waals surface area (Å²) in [5, 5.41) is 6.28. The predicted molar refractivity (Wildman–Crippen MR) is 191 cm³/mol. The molecule has 1 aliphatic heterocycles. The fourth-order valence-corrected chi connectivity index (χ4v) is 7.53. The number of ether oxygens (including phenoxy) is 1. The maximum atomic E-state index is 13.4. The molecule has 1 atom stereocenters. The van der Waals surface area contributed by atoms with Gasteiger partial charge in [-0.25, -0.2) is 9.67 Å². The number of thioether (sulfide) groups is 2. The molecule has 4 aromatic rings. The van der Waals surface area contributed by atoms with E-state index in [9.17, 15) is 18.0 Å². The highest BCUT2D eigenvalue weighted by Crippen LogP contribution is 2.40. The van der Waals surface area contributed by atoms with E-state index < -0.39 is 10.5 Å². The molecule has 250 valence electrons. The summed E-state index contributed by atoms with van der Waals surface area (Å²) in [5.41, 5.74) is 5.48. The zero-order chi connectivity index (χ0) is 34.0. The van der Waals surface area contributed by atoms with E-state index in [0.29, 0.717) is 40.1 Å². The van der Waals surface area contributed by atoms with Gasteiger partial charge in [0.25, 0.3) is 5.91 Å². The lowest BCUT2D eigenvalue weighted by atomic mass is 9.99. The van der Waals surface area contributed by atoms with Crippen LogP contribution < -0.4 is 9.64 Å².